The highest BCUT2D eigenvalue weighted by Gasteiger charge is 2.25. The van der Waals surface area contributed by atoms with Crippen LogP contribution in [-0.2, 0) is 6.42 Å². The molecule has 0 aliphatic carbocycles. The molecule has 0 spiro atoms. The van der Waals surface area contributed by atoms with E-state index in [0.29, 0.717) is 6.04 Å². The standard InChI is InChI=1S/C17H27NS/c1-4-6-18-17(16-5-7-19-12-16)11-15-9-13(2)8-14(3)10-15/h8-10,16-18H,4-7,11-12H2,1-3H3. The molecule has 2 atom stereocenters. The zero-order chi connectivity index (χ0) is 13.7. The summed E-state index contributed by atoms with van der Waals surface area (Å²) in [5, 5.41) is 3.79. The van der Waals surface area contributed by atoms with Gasteiger partial charge in [-0.2, -0.15) is 11.8 Å². The van der Waals surface area contributed by atoms with E-state index in [1.165, 1.54) is 47.5 Å². The summed E-state index contributed by atoms with van der Waals surface area (Å²) in [6, 6.07) is 7.64. The summed E-state index contributed by atoms with van der Waals surface area (Å²) >= 11 is 2.12. The quantitative estimate of drug-likeness (QED) is 0.844. The second-order valence-electron chi connectivity index (χ2n) is 5.88. The van der Waals surface area contributed by atoms with E-state index in [4.69, 9.17) is 0 Å². The number of rotatable bonds is 6. The summed E-state index contributed by atoms with van der Waals surface area (Å²) in [6.07, 6.45) is 3.80. The van der Waals surface area contributed by atoms with Crippen LogP contribution in [0.1, 0.15) is 36.5 Å². The van der Waals surface area contributed by atoms with Crippen molar-refractivity contribution < 1.29 is 0 Å². The molecular weight excluding hydrogens is 250 g/mol. The summed E-state index contributed by atoms with van der Waals surface area (Å²) in [5.74, 6) is 3.55. The van der Waals surface area contributed by atoms with Crippen molar-refractivity contribution in [2.24, 2.45) is 5.92 Å². The van der Waals surface area contributed by atoms with Gasteiger partial charge < -0.3 is 5.32 Å². The maximum absolute atomic E-state index is 3.79. The summed E-state index contributed by atoms with van der Waals surface area (Å²) in [6.45, 7) is 7.81. The zero-order valence-electron chi connectivity index (χ0n) is 12.5. The molecule has 1 fully saturated rings. The molecule has 19 heavy (non-hydrogen) atoms. The van der Waals surface area contributed by atoms with Crippen molar-refractivity contribution in [3.63, 3.8) is 0 Å². The Morgan fingerprint density at radius 3 is 2.58 bits per heavy atom. The van der Waals surface area contributed by atoms with Gasteiger partial charge in [0.2, 0.25) is 0 Å². The SMILES string of the molecule is CCCNC(Cc1cc(C)cc(C)c1)C1CCSC1. The molecule has 1 aromatic carbocycles. The first-order chi connectivity index (χ1) is 9.19. The number of benzene rings is 1. The highest BCUT2D eigenvalue weighted by Crippen LogP contribution is 2.28. The Morgan fingerprint density at radius 2 is 2.00 bits per heavy atom. The number of nitrogens with one attached hydrogen (secondary N) is 1. The van der Waals surface area contributed by atoms with Crippen LogP contribution in [0.25, 0.3) is 0 Å². The fraction of sp³-hybridized carbons (Fsp3) is 0.647. The number of hydrogen-bond donors (Lipinski definition) is 1. The van der Waals surface area contributed by atoms with Gasteiger partial charge in [0.25, 0.3) is 0 Å². The molecular formula is C17H27NS. The van der Waals surface area contributed by atoms with E-state index < -0.39 is 0 Å². The maximum Gasteiger partial charge on any atom is 0.0144 e. The minimum Gasteiger partial charge on any atom is -0.313 e. The monoisotopic (exact) mass is 277 g/mol. The summed E-state index contributed by atoms with van der Waals surface area (Å²) in [7, 11) is 0. The smallest absolute Gasteiger partial charge is 0.0144 e. The predicted octanol–water partition coefficient (Wildman–Crippen LogP) is 3.97. The van der Waals surface area contributed by atoms with Crippen molar-refractivity contribution in [1.82, 2.24) is 5.32 Å². The molecule has 1 heterocycles. The van der Waals surface area contributed by atoms with Gasteiger partial charge in [-0.3, -0.25) is 0 Å². The first-order valence-electron chi connectivity index (χ1n) is 7.57. The third kappa shape index (κ3) is 4.54. The Balaban J connectivity index is 2.05. The molecule has 2 rings (SSSR count). The van der Waals surface area contributed by atoms with Crippen molar-refractivity contribution in [3.8, 4) is 0 Å². The van der Waals surface area contributed by atoms with Crippen LogP contribution in [0, 0.1) is 19.8 Å². The molecule has 0 radical (unpaired) electrons. The van der Waals surface area contributed by atoms with E-state index in [-0.39, 0.29) is 0 Å². The average molecular weight is 277 g/mol. The normalized spacial score (nSPS) is 20.7. The van der Waals surface area contributed by atoms with Crippen molar-refractivity contribution in [2.75, 3.05) is 18.1 Å². The molecule has 106 valence electrons. The molecule has 1 nitrogen and oxygen atoms in total. The van der Waals surface area contributed by atoms with Gasteiger partial charge in [0.15, 0.2) is 0 Å². The van der Waals surface area contributed by atoms with Gasteiger partial charge in [-0.25, -0.2) is 0 Å². The molecule has 1 aliphatic heterocycles. The van der Waals surface area contributed by atoms with Gasteiger partial charge in [-0.05, 0) is 62.6 Å². The van der Waals surface area contributed by atoms with E-state index in [1.807, 2.05) is 0 Å². The molecule has 0 amide bonds. The van der Waals surface area contributed by atoms with Crippen LogP contribution in [0.5, 0.6) is 0 Å². The summed E-state index contributed by atoms with van der Waals surface area (Å²) < 4.78 is 0. The van der Waals surface area contributed by atoms with Crippen molar-refractivity contribution in [2.45, 2.75) is 46.1 Å². The second-order valence-corrected chi connectivity index (χ2v) is 7.03. The summed E-state index contributed by atoms with van der Waals surface area (Å²) in [4.78, 5) is 0. The molecule has 1 saturated heterocycles. The van der Waals surface area contributed by atoms with E-state index in [9.17, 15) is 0 Å². The lowest BCUT2D eigenvalue weighted by Crippen LogP contribution is -2.38. The van der Waals surface area contributed by atoms with Crippen LogP contribution in [0.15, 0.2) is 18.2 Å². The minimum atomic E-state index is 0.663. The number of aryl methyl sites for hydroxylation is 2. The molecule has 2 unspecified atom stereocenters. The third-order valence-electron chi connectivity index (χ3n) is 3.93. The molecule has 0 saturated carbocycles. The fourth-order valence-corrected chi connectivity index (χ4v) is 4.38. The Bertz CT molecular complexity index is 376. The number of hydrogen-bond acceptors (Lipinski definition) is 2. The maximum atomic E-state index is 3.79. The van der Waals surface area contributed by atoms with Crippen LogP contribution in [-0.4, -0.2) is 24.1 Å². The number of thioether (sulfide) groups is 1. The Labute approximate surface area is 122 Å². The highest BCUT2D eigenvalue weighted by atomic mass is 32.2. The molecule has 1 aromatic rings. The lowest BCUT2D eigenvalue weighted by molar-refractivity contribution is 0.380. The second kappa shape index (κ2) is 7.35. The van der Waals surface area contributed by atoms with E-state index in [0.717, 1.165) is 12.5 Å². The lowest BCUT2D eigenvalue weighted by atomic mass is 9.91. The van der Waals surface area contributed by atoms with Crippen LogP contribution in [0.2, 0.25) is 0 Å². The van der Waals surface area contributed by atoms with E-state index in [2.05, 4.69) is 56.0 Å². The first kappa shape index (κ1) is 14.9. The van der Waals surface area contributed by atoms with Crippen LogP contribution >= 0.6 is 11.8 Å². The van der Waals surface area contributed by atoms with E-state index >= 15 is 0 Å². The predicted molar refractivity (Wildman–Crippen MR) is 87.1 cm³/mol. The van der Waals surface area contributed by atoms with Gasteiger partial charge >= 0.3 is 0 Å². The lowest BCUT2D eigenvalue weighted by Gasteiger charge is -2.25. The molecule has 1 aliphatic rings. The topological polar surface area (TPSA) is 12.0 Å². The van der Waals surface area contributed by atoms with Crippen molar-refractivity contribution >= 4 is 11.8 Å². The van der Waals surface area contributed by atoms with Gasteiger partial charge in [0.05, 0.1) is 0 Å². The van der Waals surface area contributed by atoms with Gasteiger partial charge in [0, 0.05) is 6.04 Å². The summed E-state index contributed by atoms with van der Waals surface area (Å²) in [5.41, 5.74) is 4.29. The van der Waals surface area contributed by atoms with Gasteiger partial charge in [-0.15, -0.1) is 0 Å². The Kier molecular flexibility index (Phi) is 5.77. The van der Waals surface area contributed by atoms with Crippen LogP contribution in [0.3, 0.4) is 0 Å². The average Bonchev–Trinajstić information content (AvgIpc) is 2.87. The van der Waals surface area contributed by atoms with E-state index in [1.54, 1.807) is 0 Å². The Hall–Kier alpha value is -0.470. The zero-order valence-corrected chi connectivity index (χ0v) is 13.4. The largest absolute Gasteiger partial charge is 0.313 e. The van der Waals surface area contributed by atoms with Gasteiger partial charge in [-0.1, -0.05) is 36.2 Å². The molecule has 0 bridgehead atoms. The first-order valence-corrected chi connectivity index (χ1v) is 8.73. The molecule has 2 heteroatoms. The molecule has 0 aromatic heterocycles. The van der Waals surface area contributed by atoms with Crippen molar-refractivity contribution in [3.05, 3.63) is 34.9 Å². The highest BCUT2D eigenvalue weighted by molar-refractivity contribution is 7.99. The minimum absolute atomic E-state index is 0.663. The van der Waals surface area contributed by atoms with Crippen LogP contribution < -0.4 is 5.32 Å². The fourth-order valence-electron chi connectivity index (χ4n) is 3.05. The molecule has 1 N–H and O–H groups in total. The van der Waals surface area contributed by atoms with Crippen molar-refractivity contribution in [1.29, 1.82) is 0 Å². The van der Waals surface area contributed by atoms with Crippen LogP contribution in [0.4, 0.5) is 0 Å². The Morgan fingerprint density at radius 1 is 1.26 bits per heavy atom. The van der Waals surface area contributed by atoms with Gasteiger partial charge in [0.1, 0.15) is 0 Å². The third-order valence-corrected chi connectivity index (χ3v) is 5.12.